The van der Waals surface area contributed by atoms with Gasteiger partial charge in [0.2, 0.25) is 0 Å². The highest BCUT2D eigenvalue weighted by molar-refractivity contribution is 5.15. The summed E-state index contributed by atoms with van der Waals surface area (Å²) in [5, 5.41) is 0. The van der Waals surface area contributed by atoms with Crippen LogP contribution in [-0.2, 0) is 13.2 Å². The highest BCUT2D eigenvalue weighted by atomic mass is 16.7. The number of hydrogen-bond donors (Lipinski definition) is 0. The Hall–Kier alpha value is -2.75. The molecule has 3 rings (SSSR count). The smallest absolute Gasteiger partial charge is 0.361 e. The summed E-state index contributed by atoms with van der Waals surface area (Å²) in [5.41, 5.74) is 1.94. The van der Waals surface area contributed by atoms with Gasteiger partial charge in [0.1, 0.15) is 6.61 Å². The van der Waals surface area contributed by atoms with Crippen LogP contribution in [0.2, 0.25) is 0 Å². The van der Waals surface area contributed by atoms with Crippen molar-refractivity contribution in [1.29, 1.82) is 0 Å². The molecule has 2 aromatic carbocycles. The van der Waals surface area contributed by atoms with Crippen molar-refractivity contribution >= 4 is 0 Å². The summed E-state index contributed by atoms with van der Waals surface area (Å²) in [6.45, 7) is 0.914. The normalized spacial score (nSPS) is 10.5. The third-order valence-electron chi connectivity index (χ3n) is 3.23. The molecular weight excluding hydrogens is 264 g/mol. The van der Waals surface area contributed by atoms with Crippen molar-refractivity contribution in [3.63, 3.8) is 0 Å². The Kier molecular flexibility index (Phi) is 3.87. The van der Waals surface area contributed by atoms with Crippen LogP contribution in [0.1, 0.15) is 11.1 Å². The van der Waals surface area contributed by atoms with Gasteiger partial charge in [-0.05, 0) is 11.1 Å². The van der Waals surface area contributed by atoms with Gasteiger partial charge in [-0.25, -0.2) is 4.79 Å². The zero-order valence-corrected chi connectivity index (χ0v) is 11.6. The molecule has 21 heavy (non-hydrogen) atoms. The Morgan fingerprint density at radius 2 is 1.43 bits per heavy atom. The lowest BCUT2D eigenvalue weighted by molar-refractivity contribution is 0.0883. The van der Waals surface area contributed by atoms with Crippen LogP contribution >= 0.6 is 0 Å². The molecule has 4 nitrogen and oxygen atoms in total. The topological polar surface area (TPSA) is 36.2 Å². The van der Waals surface area contributed by atoms with Crippen molar-refractivity contribution < 1.29 is 4.84 Å². The van der Waals surface area contributed by atoms with Crippen LogP contribution in [0, 0.1) is 0 Å². The molecule has 0 bridgehead atoms. The Labute approximate surface area is 122 Å². The lowest BCUT2D eigenvalue weighted by Crippen LogP contribution is -2.28. The second-order valence-electron chi connectivity index (χ2n) is 4.78. The summed E-state index contributed by atoms with van der Waals surface area (Å²) >= 11 is 0. The lowest BCUT2D eigenvalue weighted by atomic mass is 10.2. The minimum absolute atomic E-state index is 0.171. The molecule has 0 unspecified atom stereocenters. The van der Waals surface area contributed by atoms with E-state index in [0.29, 0.717) is 13.2 Å². The van der Waals surface area contributed by atoms with Crippen LogP contribution in [0.3, 0.4) is 0 Å². The van der Waals surface area contributed by atoms with Gasteiger partial charge in [-0.2, -0.15) is 0 Å². The van der Waals surface area contributed by atoms with Crippen LogP contribution < -0.4 is 10.5 Å². The number of nitrogens with zero attached hydrogens (tertiary/aromatic N) is 2. The Morgan fingerprint density at radius 1 is 0.810 bits per heavy atom. The fraction of sp³-hybridized carbons (Fsp3) is 0.118. The predicted molar refractivity (Wildman–Crippen MR) is 81.0 cm³/mol. The summed E-state index contributed by atoms with van der Waals surface area (Å²) in [6, 6.07) is 19.6. The Balaban J connectivity index is 1.70. The molecule has 106 valence electrons. The molecule has 0 radical (unpaired) electrons. The number of aromatic nitrogens is 2. The number of imidazole rings is 1. The second kappa shape index (κ2) is 6.13. The van der Waals surface area contributed by atoms with Crippen molar-refractivity contribution in [2.75, 3.05) is 0 Å². The predicted octanol–water partition coefficient (Wildman–Crippen LogP) is 2.33. The van der Waals surface area contributed by atoms with Crippen LogP contribution in [0.15, 0.2) is 77.9 Å². The Morgan fingerprint density at radius 3 is 2.10 bits per heavy atom. The van der Waals surface area contributed by atoms with Gasteiger partial charge in [-0.3, -0.25) is 4.57 Å². The average molecular weight is 280 g/mol. The quantitative estimate of drug-likeness (QED) is 0.719. The highest BCUT2D eigenvalue weighted by Gasteiger charge is 2.04. The summed E-state index contributed by atoms with van der Waals surface area (Å²) < 4.78 is 2.90. The van der Waals surface area contributed by atoms with Gasteiger partial charge in [-0.15, -0.1) is 4.73 Å². The molecule has 0 saturated heterocycles. The van der Waals surface area contributed by atoms with E-state index in [1.54, 1.807) is 17.0 Å². The van der Waals surface area contributed by atoms with E-state index in [9.17, 15) is 4.79 Å². The van der Waals surface area contributed by atoms with Gasteiger partial charge in [0.25, 0.3) is 0 Å². The van der Waals surface area contributed by atoms with Crippen LogP contribution in [0.25, 0.3) is 0 Å². The van der Waals surface area contributed by atoms with E-state index in [-0.39, 0.29) is 5.69 Å². The third kappa shape index (κ3) is 3.23. The van der Waals surface area contributed by atoms with Gasteiger partial charge < -0.3 is 4.84 Å². The molecule has 0 atom stereocenters. The van der Waals surface area contributed by atoms with E-state index in [4.69, 9.17) is 4.84 Å². The van der Waals surface area contributed by atoms with Crippen LogP contribution in [0.4, 0.5) is 0 Å². The first-order valence-electron chi connectivity index (χ1n) is 6.82. The first kappa shape index (κ1) is 13.2. The zero-order chi connectivity index (χ0) is 14.5. The zero-order valence-electron chi connectivity index (χ0n) is 11.6. The standard InChI is InChI=1S/C17H16N2O2/c20-17-18(13-15-7-3-1-4-8-15)11-12-19(17)21-14-16-9-5-2-6-10-16/h1-12H,13-14H2. The maximum atomic E-state index is 12.2. The maximum absolute atomic E-state index is 12.2. The second-order valence-corrected chi connectivity index (χ2v) is 4.78. The minimum Gasteiger partial charge on any atom is -0.405 e. The number of benzene rings is 2. The summed E-state index contributed by atoms with van der Waals surface area (Å²) in [4.78, 5) is 17.7. The molecule has 1 aromatic heterocycles. The molecule has 0 spiro atoms. The minimum atomic E-state index is -0.171. The van der Waals surface area contributed by atoms with Gasteiger partial charge >= 0.3 is 5.69 Å². The number of rotatable bonds is 5. The van der Waals surface area contributed by atoms with Crippen molar-refractivity contribution in [2.45, 2.75) is 13.2 Å². The molecule has 4 heteroatoms. The average Bonchev–Trinajstić information content (AvgIpc) is 2.88. The summed E-state index contributed by atoms with van der Waals surface area (Å²) in [5.74, 6) is 0. The van der Waals surface area contributed by atoms with E-state index in [1.165, 1.54) is 4.73 Å². The molecule has 0 aliphatic carbocycles. The maximum Gasteiger partial charge on any atom is 0.361 e. The van der Waals surface area contributed by atoms with E-state index in [1.807, 2.05) is 60.7 Å². The van der Waals surface area contributed by atoms with Gasteiger partial charge in [0.15, 0.2) is 0 Å². The third-order valence-corrected chi connectivity index (χ3v) is 3.23. The lowest BCUT2D eigenvalue weighted by Gasteiger charge is -2.05. The van der Waals surface area contributed by atoms with Crippen molar-refractivity contribution in [1.82, 2.24) is 9.30 Å². The first-order chi connectivity index (χ1) is 10.3. The molecular formula is C17H16N2O2. The fourth-order valence-electron chi connectivity index (χ4n) is 2.11. The van der Waals surface area contributed by atoms with Crippen LogP contribution in [0.5, 0.6) is 0 Å². The largest absolute Gasteiger partial charge is 0.405 e. The van der Waals surface area contributed by atoms with Crippen LogP contribution in [-0.4, -0.2) is 9.30 Å². The van der Waals surface area contributed by atoms with Crippen molar-refractivity contribution in [3.8, 4) is 0 Å². The van der Waals surface area contributed by atoms with E-state index in [0.717, 1.165) is 11.1 Å². The van der Waals surface area contributed by atoms with Crippen molar-refractivity contribution in [2.24, 2.45) is 0 Å². The molecule has 0 aliphatic heterocycles. The fourth-order valence-corrected chi connectivity index (χ4v) is 2.11. The molecule has 0 fully saturated rings. The summed E-state index contributed by atoms with van der Waals surface area (Å²) in [7, 11) is 0. The SMILES string of the molecule is O=c1n(Cc2ccccc2)ccn1OCc1ccccc1. The highest BCUT2D eigenvalue weighted by Crippen LogP contribution is 2.01. The number of hydrogen-bond acceptors (Lipinski definition) is 2. The summed E-state index contributed by atoms with van der Waals surface area (Å²) in [6.07, 6.45) is 3.38. The van der Waals surface area contributed by atoms with E-state index in [2.05, 4.69) is 0 Å². The molecule has 1 heterocycles. The molecule has 0 amide bonds. The van der Waals surface area contributed by atoms with Gasteiger partial charge in [0.05, 0.1) is 12.7 Å². The van der Waals surface area contributed by atoms with E-state index >= 15 is 0 Å². The van der Waals surface area contributed by atoms with Gasteiger partial charge in [0, 0.05) is 6.20 Å². The van der Waals surface area contributed by atoms with Crippen molar-refractivity contribution in [3.05, 3.63) is 94.7 Å². The monoisotopic (exact) mass is 280 g/mol. The first-order valence-corrected chi connectivity index (χ1v) is 6.82. The molecule has 0 saturated carbocycles. The molecule has 3 aromatic rings. The molecule has 0 N–H and O–H groups in total. The van der Waals surface area contributed by atoms with E-state index < -0.39 is 0 Å². The molecule has 0 aliphatic rings. The van der Waals surface area contributed by atoms with Gasteiger partial charge in [-0.1, -0.05) is 60.7 Å². The Bertz CT molecular complexity index is 745.